The highest BCUT2D eigenvalue weighted by molar-refractivity contribution is 5.78. The molecule has 0 aliphatic carbocycles. The molecule has 2 aromatic rings. The third-order valence-corrected chi connectivity index (χ3v) is 6.77. The van der Waals surface area contributed by atoms with Gasteiger partial charge in [0.05, 0.1) is 11.8 Å². The smallest absolute Gasteiger partial charge is 0.313 e. The molecule has 0 saturated carbocycles. The van der Waals surface area contributed by atoms with Crippen LogP contribution in [0.1, 0.15) is 56.1 Å². The topological polar surface area (TPSA) is 59.1 Å². The highest BCUT2D eigenvalue weighted by atomic mass is 16.5. The molecule has 0 bridgehead atoms. The standard InChI is InChI=1S/C29H40N2O4/c1-3-26(24-12-7-5-8-13-24)28(32)34-22-20-30-16-11-17-31(19-18-30)21-23-35-29(33)27(4-2)25-14-9-6-10-15-25/h5-10,12-15,26-27H,3-4,11,16-23H2,1-2H3. The lowest BCUT2D eigenvalue weighted by Gasteiger charge is -2.22. The highest BCUT2D eigenvalue weighted by Gasteiger charge is 2.22. The number of hydrogen-bond donors (Lipinski definition) is 0. The van der Waals surface area contributed by atoms with Crippen molar-refractivity contribution in [3.63, 3.8) is 0 Å². The van der Waals surface area contributed by atoms with E-state index in [1.54, 1.807) is 0 Å². The maximum atomic E-state index is 12.6. The lowest BCUT2D eigenvalue weighted by atomic mass is 9.97. The van der Waals surface area contributed by atoms with E-state index in [1.807, 2.05) is 74.5 Å². The first-order valence-electron chi connectivity index (χ1n) is 13.0. The van der Waals surface area contributed by atoms with Crippen LogP contribution in [-0.2, 0) is 19.1 Å². The Hall–Kier alpha value is -2.70. The van der Waals surface area contributed by atoms with Crippen molar-refractivity contribution in [1.29, 1.82) is 0 Å². The van der Waals surface area contributed by atoms with Gasteiger partial charge in [-0.05, 0) is 43.5 Å². The molecule has 35 heavy (non-hydrogen) atoms. The van der Waals surface area contributed by atoms with Crippen LogP contribution >= 0.6 is 0 Å². The number of benzene rings is 2. The first-order valence-corrected chi connectivity index (χ1v) is 13.0. The normalized spacial score (nSPS) is 16.7. The summed E-state index contributed by atoms with van der Waals surface area (Å²) in [6.07, 6.45) is 2.51. The molecule has 0 N–H and O–H groups in total. The Morgan fingerprint density at radius 2 is 1.09 bits per heavy atom. The van der Waals surface area contributed by atoms with Crippen LogP contribution in [0, 0.1) is 0 Å². The summed E-state index contributed by atoms with van der Waals surface area (Å²) in [6.45, 7) is 10.2. The van der Waals surface area contributed by atoms with Gasteiger partial charge in [0.25, 0.3) is 0 Å². The van der Waals surface area contributed by atoms with Crippen molar-refractivity contribution in [2.45, 2.75) is 44.9 Å². The summed E-state index contributed by atoms with van der Waals surface area (Å²) in [5.74, 6) is -0.684. The molecule has 0 aromatic heterocycles. The van der Waals surface area contributed by atoms with Crippen molar-refractivity contribution >= 4 is 11.9 Å². The van der Waals surface area contributed by atoms with Crippen LogP contribution in [0.15, 0.2) is 60.7 Å². The van der Waals surface area contributed by atoms with E-state index in [-0.39, 0.29) is 23.8 Å². The fraction of sp³-hybridized carbons (Fsp3) is 0.517. The van der Waals surface area contributed by atoms with Gasteiger partial charge < -0.3 is 9.47 Å². The summed E-state index contributed by atoms with van der Waals surface area (Å²) in [6, 6.07) is 19.7. The third-order valence-electron chi connectivity index (χ3n) is 6.77. The van der Waals surface area contributed by atoms with Crippen molar-refractivity contribution in [2.75, 3.05) is 52.5 Å². The van der Waals surface area contributed by atoms with Gasteiger partial charge in [-0.15, -0.1) is 0 Å². The van der Waals surface area contributed by atoms with Gasteiger partial charge in [0.1, 0.15) is 13.2 Å². The molecule has 1 fully saturated rings. The monoisotopic (exact) mass is 480 g/mol. The molecule has 3 rings (SSSR count). The molecule has 1 saturated heterocycles. The van der Waals surface area contributed by atoms with Crippen LogP contribution in [0.2, 0.25) is 0 Å². The largest absolute Gasteiger partial charge is 0.464 e. The summed E-state index contributed by atoms with van der Waals surface area (Å²) in [7, 11) is 0. The van der Waals surface area contributed by atoms with Crippen molar-refractivity contribution in [3.8, 4) is 0 Å². The van der Waals surface area contributed by atoms with Gasteiger partial charge in [-0.1, -0.05) is 74.5 Å². The molecule has 0 spiro atoms. The Balaban J connectivity index is 1.35. The average molecular weight is 481 g/mol. The number of carbonyl (C=O) groups is 2. The van der Waals surface area contributed by atoms with Gasteiger partial charge in [0.15, 0.2) is 0 Å². The van der Waals surface area contributed by atoms with Crippen LogP contribution in [0.3, 0.4) is 0 Å². The molecule has 1 aliphatic rings. The molecule has 0 amide bonds. The molecular formula is C29H40N2O4. The summed E-state index contributed by atoms with van der Waals surface area (Å²) in [4.78, 5) is 29.9. The van der Waals surface area contributed by atoms with E-state index < -0.39 is 0 Å². The number of nitrogens with zero attached hydrogens (tertiary/aromatic N) is 2. The number of hydrogen-bond acceptors (Lipinski definition) is 6. The first kappa shape index (κ1) is 26.9. The molecule has 6 heteroatoms. The predicted molar refractivity (Wildman–Crippen MR) is 138 cm³/mol. The summed E-state index contributed by atoms with van der Waals surface area (Å²) in [5.41, 5.74) is 2.03. The van der Waals surface area contributed by atoms with E-state index >= 15 is 0 Å². The Kier molecular flexibility index (Phi) is 11.3. The molecule has 2 atom stereocenters. The average Bonchev–Trinajstić information content (AvgIpc) is 3.11. The van der Waals surface area contributed by atoms with Crippen LogP contribution < -0.4 is 0 Å². The fourth-order valence-corrected chi connectivity index (χ4v) is 4.67. The molecule has 2 unspecified atom stereocenters. The summed E-state index contributed by atoms with van der Waals surface area (Å²) in [5, 5.41) is 0. The van der Waals surface area contributed by atoms with Gasteiger partial charge >= 0.3 is 11.9 Å². The van der Waals surface area contributed by atoms with Crippen molar-refractivity contribution in [1.82, 2.24) is 9.80 Å². The SMILES string of the molecule is CCC(C(=O)OCCN1CCCN(CCOC(=O)C(CC)c2ccccc2)CC1)c1ccccc1. The molecule has 0 radical (unpaired) electrons. The lowest BCUT2D eigenvalue weighted by Crippen LogP contribution is -2.35. The summed E-state index contributed by atoms with van der Waals surface area (Å²) < 4.78 is 11.3. The minimum absolute atomic E-state index is 0.141. The Bertz CT molecular complexity index is 817. The van der Waals surface area contributed by atoms with E-state index in [1.165, 1.54) is 0 Å². The maximum absolute atomic E-state index is 12.6. The van der Waals surface area contributed by atoms with Gasteiger partial charge in [-0.25, -0.2) is 0 Å². The molecule has 6 nitrogen and oxygen atoms in total. The Morgan fingerprint density at radius 1 is 0.686 bits per heavy atom. The zero-order valence-corrected chi connectivity index (χ0v) is 21.2. The number of carbonyl (C=O) groups excluding carboxylic acids is 2. The fourth-order valence-electron chi connectivity index (χ4n) is 4.67. The summed E-state index contributed by atoms with van der Waals surface area (Å²) >= 11 is 0. The van der Waals surface area contributed by atoms with Crippen molar-refractivity contribution in [2.24, 2.45) is 0 Å². The molecule has 190 valence electrons. The van der Waals surface area contributed by atoms with Crippen molar-refractivity contribution < 1.29 is 19.1 Å². The van der Waals surface area contributed by atoms with Crippen LogP contribution in [0.4, 0.5) is 0 Å². The second-order valence-electron chi connectivity index (χ2n) is 9.11. The highest BCUT2D eigenvalue weighted by Crippen LogP contribution is 2.21. The minimum atomic E-state index is -0.201. The minimum Gasteiger partial charge on any atom is -0.464 e. The zero-order chi connectivity index (χ0) is 24.9. The van der Waals surface area contributed by atoms with Crippen LogP contribution in [-0.4, -0.2) is 74.2 Å². The number of rotatable bonds is 12. The van der Waals surface area contributed by atoms with Crippen molar-refractivity contribution in [3.05, 3.63) is 71.8 Å². The molecule has 1 heterocycles. The predicted octanol–water partition coefficient (Wildman–Crippen LogP) is 4.47. The first-order chi connectivity index (χ1) is 17.1. The number of ether oxygens (including phenoxy) is 2. The Labute approximate surface area is 210 Å². The molecular weight excluding hydrogens is 440 g/mol. The quantitative estimate of drug-likeness (QED) is 0.418. The van der Waals surface area contributed by atoms with E-state index in [9.17, 15) is 9.59 Å². The van der Waals surface area contributed by atoms with Gasteiger partial charge in [-0.2, -0.15) is 0 Å². The van der Waals surface area contributed by atoms with Gasteiger partial charge in [0, 0.05) is 26.2 Å². The number of esters is 2. The molecule has 2 aromatic carbocycles. The molecule has 1 aliphatic heterocycles. The zero-order valence-electron chi connectivity index (χ0n) is 21.2. The van der Waals surface area contributed by atoms with Crippen LogP contribution in [0.5, 0.6) is 0 Å². The van der Waals surface area contributed by atoms with E-state index in [0.29, 0.717) is 13.2 Å². The van der Waals surface area contributed by atoms with Gasteiger partial charge in [-0.3, -0.25) is 19.4 Å². The van der Waals surface area contributed by atoms with E-state index in [0.717, 1.165) is 69.7 Å². The van der Waals surface area contributed by atoms with E-state index in [4.69, 9.17) is 9.47 Å². The van der Waals surface area contributed by atoms with E-state index in [2.05, 4.69) is 9.80 Å². The second-order valence-corrected chi connectivity index (χ2v) is 9.11. The van der Waals surface area contributed by atoms with Crippen LogP contribution in [0.25, 0.3) is 0 Å². The Morgan fingerprint density at radius 3 is 1.46 bits per heavy atom. The maximum Gasteiger partial charge on any atom is 0.313 e. The van der Waals surface area contributed by atoms with Gasteiger partial charge in [0.2, 0.25) is 0 Å². The second kappa shape index (κ2) is 14.6. The lowest BCUT2D eigenvalue weighted by molar-refractivity contribution is -0.147. The third kappa shape index (κ3) is 8.48.